The second-order valence-electron chi connectivity index (χ2n) is 10.7. The van der Waals surface area contributed by atoms with Gasteiger partial charge in [-0.05, 0) is 55.9 Å². The third-order valence-corrected chi connectivity index (χ3v) is 10.0. The number of benzene rings is 2. The fourth-order valence-corrected chi connectivity index (χ4v) is 7.83. The lowest BCUT2D eigenvalue weighted by Gasteiger charge is -2.33. The molecule has 2 N–H and O–H groups in total. The van der Waals surface area contributed by atoms with Crippen LogP contribution < -0.4 is 20.7 Å². The van der Waals surface area contributed by atoms with Crippen molar-refractivity contribution >= 4 is 45.2 Å². The van der Waals surface area contributed by atoms with Gasteiger partial charge in [0.2, 0.25) is 0 Å². The van der Waals surface area contributed by atoms with E-state index in [1.54, 1.807) is 31.5 Å². The number of alkyl halides is 4. The molecule has 2 aliphatic rings. The smallest absolute Gasteiger partial charge is 0.393 e. The second-order valence-corrected chi connectivity index (χ2v) is 15.0. The van der Waals surface area contributed by atoms with Gasteiger partial charge in [0, 0.05) is 30.4 Å². The number of ether oxygens (including phenoxy) is 1. The minimum Gasteiger partial charge on any atom is -0.491 e. The van der Waals surface area contributed by atoms with Crippen molar-refractivity contribution in [3.05, 3.63) is 46.3 Å². The molecule has 214 valence electrons. The van der Waals surface area contributed by atoms with Crippen LogP contribution in [0.2, 0.25) is 0 Å². The van der Waals surface area contributed by atoms with Crippen molar-refractivity contribution in [1.82, 2.24) is 4.90 Å². The molecule has 2 aliphatic heterocycles. The van der Waals surface area contributed by atoms with Gasteiger partial charge >= 0.3 is 6.18 Å². The van der Waals surface area contributed by atoms with Crippen LogP contribution in [0.3, 0.4) is 0 Å². The average molecular weight is 594 g/mol. The number of nitrogens with one attached hydrogen (secondary N) is 2. The Labute approximate surface area is 235 Å². The second kappa shape index (κ2) is 11.3. The van der Waals surface area contributed by atoms with E-state index in [2.05, 4.69) is 22.5 Å². The minimum atomic E-state index is -4.40. The molecule has 2 atom stereocenters. The Kier molecular flexibility index (Phi) is 8.11. The molecular weight excluding hydrogens is 561 g/mol. The third kappa shape index (κ3) is 6.27. The van der Waals surface area contributed by atoms with E-state index in [0.29, 0.717) is 52.4 Å². The molecule has 0 spiro atoms. The summed E-state index contributed by atoms with van der Waals surface area (Å²) < 4.78 is 74.6. The topological polar surface area (TPSA) is 53.6 Å². The van der Waals surface area contributed by atoms with Gasteiger partial charge in [-0.15, -0.1) is 11.3 Å². The van der Waals surface area contributed by atoms with E-state index in [1.165, 1.54) is 11.3 Å². The Balaban J connectivity index is 1.41. The maximum absolute atomic E-state index is 14.7. The molecule has 3 aromatic rings. The molecule has 11 heteroatoms. The zero-order valence-corrected chi connectivity index (χ0v) is 24.3. The van der Waals surface area contributed by atoms with Crippen LogP contribution in [0.25, 0.3) is 10.1 Å². The number of nitrogens with zero attached hydrogens (tertiary/aromatic N) is 1. The summed E-state index contributed by atoms with van der Waals surface area (Å²) in [5, 5.41) is 7.76. The quantitative estimate of drug-likeness (QED) is 0.205. The van der Waals surface area contributed by atoms with Crippen LogP contribution in [-0.4, -0.2) is 69.9 Å². The zero-order chi connectivity index (χ0) is 28.7. The number of piperidine rings is 1. The predicted octanol–water partition coefficient (Wildman–Crippen LogP) is 6.11. The molecule has 0 saturated carbocycles. The molecule has 1 fully saturated rings. The molecule has 2 aromatic carbocycles. The van der Waals surface area contributed by atoms with Crippen molar-refractivity contribution in [3.63, 3.8) is 0 Å². The highest BCUT2D eigenvalue weighted by Gasteiger charge is 2.32. The summed E-state index contributed by atoms with van der Waals surface area (Å²) >= 11 is 1.20. The van der Waals surface area contributed by atoms with Gasteiger partial charge in [0.15, 0.2) is 0 Å². The summed E-state index contributed by atoms with van der Waals surface area (Å²) in [6.45, 7) is 5.21. The van der Waals surface area contributed by atoms with Gasteiger partial charge in [0.05, 0.1) is 46.6 Å². The van der Waals surface area contributed by atoms with E-state index < -0.39 is 32.0 Å². The number of anilines is 2. The van der Waals surface area contributed by atoms with Crippen molar-refractivity contribution in [2.75, 3.05) is 57.3 Å². The van der Waals surface area contributed by atoms with E-state index in [9.17, 15) is 22.1 Å². The summed E-state index contributed by atoms with van der Waals surface area (Å²) in [6, 6.07) is 8.42. The highest BCUT2D eigenvalue weighted by molar-refractivity contribution is 7.70. The first kappa shape index (κ1) is 28.8. The van der Waals surface area contributed by atoms with Crippen molar-refractivity contribution in [3.8, 4) is 17.6 Å². The molecule has 0 aliphatic carbocycles. The summed E-state index contributed by atoms with van der Waals surface area (Å²) in [5.74, 6) is 6.59. The molecule has 5 nitrogen and oxygen atoms in total. The molecule has 1 unspecified atom stereocenters. The normalized spacial score (nSPS) is 19.6. The van der Waals surface area contributed by atoms with Gasteiger partial charge in [-0.3, -0.25) is 0 Å². The fourth-order valence-electron chi connectivity index (χ4n) is 5.37. The molecule has 0 amide bonds. The maximum atomic E-state index is 14.7. The van der Waals surface area contributed by atoms with Crippen LogP contribution in [0.4, 0.5) is 28.9 Å². The zero-order valence-electron chi connectivity index (χ0n) is 22.6. The van der Waals surface area contributed by atoms with Crippen LogP contribution in [0, 0.1) is 11.8 Å². The van der Waals surface area contributed by atoms with E-state index in [1.807, 2.05) is 24.1 Å². The van der Waals surface area contributed by atoms with Crippen LogP contribution in [-0.2, 0) is 17.4 Å². The lowest BCUT2D eigenvalue weighted by Crippen LogP contribution is -2.46. The highest BCUT2D eigenvalue weighted by Crippen LogP contribution is 2.43. The number of hydrogen-bond acceptors (Lipinski definition) is 6. The van der Waals surface area contributed by atoms with Gasteiger partial charge in [-0.25, -0.2) is 4.39 Å². The SMILES string of the molecule is CN1CC[C@@H](Nc2cccc3c(CC(F)(F)F)c(C#CCNc4ccc(P(C)(C)=O)c5c4OCC5)sc23)C(F)C1. The summed E-state index contributed by atoms with van der Waals surface area (Å²) in [6.07, 6.45) is -5.28. The fraction of sp³-hybridized carbons (Fsp3) is 0.448. The van der Waals surface area contributed by atoms with Crippen LogP contribution in [0.5, 0.6) is 5.75 Å². The standard InChI is InChI=1S/C29H32F4N3O2PS/c1-36-14-11-22(21(30)17-36)35-24-7-4-6-18-20(16-29(31,32)33)26(40-28(18)24)8-5-13-34-23-9-10-25(39(2,3)37)19-12-15-38-27(19)23/h4,6-7,9-10,21-22,34-35H,11-17H2,1-3H3/t21?,22-/m1/s1. The van der Waals surface area contributed by atoms with E-state index in [4.69, 9.17) is 4.74 Å². The molecule has 40 heavy (non-hydrogen) atoms. The van der Waals surface area contributed by atoms with Crippen molar-refractivity contribution in [2.24, 2.45) is 0 Å². The first-order valence-electron chi connectivity index (χ1n) is 13.2. The summed E-state index contributed by atoms with van der Waals surface area (Å²) in [7, 11) is -0.594. The number of likely N-dealkylation sites (tertiary alicyclic amines) is 1. The lowest BCUT2D eigenvalue weighted by molar-refractivity contribution is -0.126. The predicted molar refractivity (Wildman–Crippen MR) is 156 cm³/mol. The molecule has 5 rings (SSSR count). The van der Waals surface area contributed by atoms with E-state index >= 15 is 0 Å². The highest BCUT2D eigenvalue weighted by atomic mass is 32.1. The van der Waals surface area contributed by atoms with Crippen LogP contribution in [0.15, 0.2) is 30.3 Å². The van der Waals surface area contributed by atoms with E-state index in [0.717, 1.165) is 23.1 Å². The van der Waals surface area contributed by atoms with Crippen molar-refractivity contribution in [1.29, 1.82) is 0 Å². The minimum absolute atomic E-state index is 0.138. The number of halogens is 4. The van der Waals surface area contributed by atoms with Crippen molar-refractivity contribution in [2.45, 2.75) is 37.7 Å². The molecule has 3 heterocycles. The Bertz CT molecular complexity index is 1520. The molecule has 1 aromatic heterocycles. The lowest BCUT2D eigenvalue weighted by atomic mass is 10.0. The molecular formula is C29H32F4N3O2PS. The molecule has 1 saturated heterocycles. The Hall–Kier alpha value is -2.73. The molecule has 0 bridgehead atoms. The summed E-state index contributed by atoms with van der Waals surface area (Å²) in [4.78, 5) is 2.27. The largest absolute Gasteiger partial charge is 0.491 e. The van der Waals surface area contributed by atoms with Gasteiger partial charge in [0.25, 0.3) is 0 Å². The first-order chi connectivity index (χ1) is 18.9. The van der Waals surface area contributed by atoms with Crippen LogP contribution >= 0.6 is 18.5 Å². The number of hydrogen-bond donors (Lipinski definition) is 2. The van der Waals surface area contributed by atoms with Gasteiger partial charge in [-0.2, -0.15) is 13.2 Å². The molecule has 0 radical (unpaired) electrons. The number of thiophene rings is 1. The maximum Gasteiger partial charge on any atom is 0.393 e. The Morgan fingerprint density at radius 1 is 1.20 bits per heavy atom. The number of fused-ring (bicyclic) bond motifs is 2. The van der Waals surface area contributed by atoms with Gasteiger partial charge < -0.3 is 24.8 Å². The van der Waals surface area contributed by atoms with Gasteiger partial charge in [-0.1, -0.05) is 24.0 Å². The van der Waals surface area contributed by atoms with Gasteiger partial charge in [0.1, 0.15) is 19.1 Å². The third-order valence-electron chi connectivity index (χ3n) is 7.26. The summed E-state index contributed by atoms with van der Waals surface area (Å²) in [5.41, 5.74) is 2.42. The Morgan fingerprint density at radius 3 is 2.73 bits per heavy atom. The van der Waals surface area contributed by atoms with E-state index in [-0.39, 0.29) is 12.1 Å². The average Bonchev–Trinajstić information content (AvgIpc) is 3.48. The Morgan fingerprint density at radius 2 is 2.00 bits per heavy atom. The monoisotopic (exact) mass is 593 g/mol. The van der Waals surface area contributed by atoms with Crippen molar-refractivity contribution < 1.29 is 26.9 Å². The number of rotatable bonds is 6. The van der Waals surface area contributed by atoms with Crippen LogP contribution in [0.1, 0.15) is 22.4 Å². The first-order valence-corrected chi connectivity index (χ1v) is 16.6.